The SMILES string of the molecule is N#CCSc1ccccc1NC(=O)COc1ccccc1[N+](=O)[O-]. The van der Waals surface area contributed by atoms with Crippen LogP contribution in [0.1, 0.15) is 0 Å². The van der Waals surface area contributed by atoms with Gasteiger partial charge in [0.2, 0.25) is 0 Å². The van der Waals surface area contributed by atoms with Gasteiger partial charge in [0.15, 0.2) is 12.4 Å². The number of nitro benzene ring substituents is 1. The summed E-state index contributed by atoms with van der Waals surface area (Å²) >= 11 is 1.30. The molecule has 0 fully saturated rings. The fourth-order valence-electron chi connectivity index (χ4n) is 1.87. The Labute approximate surface area is 142 Å². The Morgan fingerprint density at radius 2 is 1.96 bits per heavy atom. The van der Waals surface area contributed by atoms with E-state index in [9.17, 15) is 14.9 Å². The first kappa shape index (κ1) is 17.3. The number of nitro groups is 1. The lowest BCUT2D eigenvalue weighted by molar-refractivity contribution is -0.385. The fourth-order valence-corrected chi connectivity index (χ4v) is 2.53. The van der Waals surface area contributed by atoms with Crippen LogP contribution in [0.2, 0.25) is 0 Å². The van der Waals surface area contributed by atoms with Crippen LogP contribution in [0.15, 0.2) is 53.4 Å². The molecule has 0 aliphatic heterocycles. The van der Waals surface area contributed by atoms with Crippen LogP contribution in [0.4, 0.5) is 11.4 Å². The molecule has 24 heavy (non-hydrogen) atoms. The second kappa shape index (κ2) is 8.55. The quantitative estimate of drug-likeness (QED) is 0.470. The van der Waals surface area contributed by atoms with E-state index in [4.69, 9.17) is 10.00 Å². The number of nitrogens with one attached hydrogen (secondary N) is 1. The number of nitriles is 1. The second-order valence-corrected chi connectivity index (χ2v) is 5.52. The van der Waals surface area contributed by atoms with Crippen LogP contribution in [-0.2, 0) is 4.79 Å². The van der Waals surface area contributed by atoms with Crippen molar-refractivity contribution in [3.05, 3.63) is 58.6 Å². The molecule has 2 aromatic carbocycles. The first-order valence-electron chi connectivity index (χ1n) is 6.86. The van der Waals surface area contributed by atoms with Gasteiger partial charge < -0.3 is 10.1 Å². The number of hydrogen-bond acceptors (Lipinski definition) is 6. The van der Waals surface area contributed by atoms with Crippen LogP contribution in [0.25, 0.3) is 0 Å². The lowest BCUT2D eigenvalue weighted by atomic mass is 10.3. The van der Waals surface area contributed by atoms with Crippen molar-refractivity contribution in [2.24, 2.45) is 0 Å². The molecule has 0 saturated heterocycles. The van der Waals surface area contributed by atoms with Crippen molar-refractivity contribution >= 4 is 29.0 Å². The summed E-state index contributed by atoms with van der Waals surface area (Å²) < 4.78 is 5.24. The van der Waals surface area contributed by atoms with Crippen molar-refractivity contribution in [2.75, 3.05) is 17.7 Å². The maximum Gasteiger partial charge on any atom is 0.310 e. The molecule has 8 heteroatoms. The summed E-state index contributed by atoms with van der Waals surface area (Å²) in [6, 6.07) is 14.9. The summed E-state index contributed by atoms with van der Waals surface area (Å²) in [7, 11) is 0. The minimum atomic E-state index is -0.568. The number of benzene rings is 2. The highest BCUT2D eigenvalue weighted by Gasteiger charge is 2.15. The van der Waals surface area contributed by atoms with Gasteiger partial charge in [-0.3, -0.25) is 14.9 Å². The van der Waals surface area contributed by atoms with Crippen molar-refractivity contribution in [3.63, 3.8) is 0 Å². The maximum absolute atomic E-state index is 12.0. The van der Waals surface area contributed by atoms with Crippen LogP contribution in [0.3, 0.4) is 0 Å². The molecule has 0 spiro atoms. The number of carbonyl (C=O) groups is 1. The highest BCUT2D eigenvalue weighted by molar-refractivity contribution is 7.99. The molecule has 2 rings (SSSR count). The van der Waals surface area contributed by atoms with Crippen LogP contribution in [-0.4, -0.2) is 23.2 Å². The molecule has 0 unspecified atom stereocenters. The number of thioether (sulfide) groups is 1. The third-order valence-corrected chi connectivity index (χ3v) is 3.81. The van der Waals surface area contributed by atoms with Gasteiger partial charge in [-0.2, -0.15) is 5.26 Å². The average molecular weight is 343 g/mol. The number of ether oxygens (including phenoxy) is 1. The van der Waals surface area contributed by atoms with Crippen LogP contribution in [0, 0.1) is 21.4 Å². The van der Waals surface area contributed by atoms with Gasteiger partial charge in [-0.15, -0.1) is 11.8 Å². The monoisotopic (exact) mass is 343 g/mol. The van der Waals surface area contributed by atoms with Gasteiger partial charge in [-0.05, 0) is 18.2 Å². The number of nitrogens with zero attached hydrogens (tertiary/aromatic N) is 2. The predicted molar refractivity (Wildman–Crippen MR) is 90.0 cm³/mol. The van der Waals surface area contributed by atoms with Crippen molar-refractivity contribution in [2.45, 2.75) is 4.90 Å². The fraction of sp³-hybridized carbons (Fsp3) is 0.125. The molecule has 0 radical (unpaired) electrons. The van der Waals surface area contributed by atoms with Gasteiger partial charge in [0.05, 0.1) is 22.4 Å². The Morgan fingerprint density at radius 1 is 1.25 bits per heavy atom. The Balaban J connectivity index is 2.00. The molecule has 122 valence electrons. The molecule has 0 saturated carbocycles. The van der Waals surface area contributed by atoms with E-state index >= 15 is 0 Å². The number of amides is 1. The normalized spacial score (nSPS) is 9.79. The van der Waals surface area contributed by atoms with Crippen LogP contribution >= 0.6 is 11.8 Å². The van der Waals surface area contributed by atoms with E-state index in [1.165, 1.54) is 30.0 Å². The highest BCUT2D eigenvalue weighted by atomic mass is 32.2. The van der Waals surface area contributed by atoms with Gasteiger partial charge in [0, 0.05) is 11.0 Å². The predicted octanol–water partition coefficient (Wildman–Crippen LogP) is 3.23. The molecule has 0 atom stereocenters. The largest absolute Gasteiger partial charge is 0.477 e. The first-order chi connectivity index (χ1) is 11.6. The number of para-hydroxylation sites is 3. The third-order valence-electron chi connectivity index (χ3n) is 2.87. The van der Waals surface area contributed by atoms with Crippen molar-refractivity contribution in [3.8, 4) is 11.8 Å². The molecule has 0 aliphatic rings. The Morgan fingerprint density at radius 3 is 2.71 bits per heavy atom. The van der Waals surface area contributed by atoms with Gasteiger partial charge in [-0.25, -0.2) is 0 Å². The zero-order chi connectivity index (χ0) is 17.4. The average Bonchev–Trinajstić information content (AvgIpc) is 2.59. The van der Waals surface area contributed by atoms with Crippen LogP contribution < -0.4 is 10.1 Å². The molecule has 0 aromatic heterocycles. The zero-order valence-electron chi connectivity index (χ0n) is 12.5. The van der Waals surface area contributed by atoms with E-state index in [0.717, 1.165) is 4.90 Å². The van der Waals surface area contributed by atoms with Gasteiger partial charge in [0.25, 0.3) is 5.91 Å². The third kappa shape index (κ3) is 4.72. The highest BCUT2D eigenvalue weighted by Crippen LogP contribution is 2.27. The molecule has 1 N–H and O–H groups in total. The van der Waals surface area contributed by atoms with Crippen LogP contribution in [0.5, 0.6) is 5.75 Å². The van der Waals surface area contributed by atoms with Gasteiger partial charge in [-0.1, -0.05) is 24.3 Å². The number of carbonyl (C=O) groups excluding carboxylic acids is 1. The van der Waals surface area contributed by atoms with E-state index in [0.29, 0.717) is 5.69 Å². The Kier molecular flexibility index (Phi) is 6.16. The summed E-state index contributed by atoms with van der Waals surface area (Å²) in [6.45, 7) is -0.359. The molecule has 0 aliphatic carbocycles. The van der Waals surface area contributed by atoms with E-state index < -0.39 is 10.8 Å². The smallest absolute Gasteiger partial charge is 0.310 e. The Hall–Kier alpha value is -3.05. The summed E-state index contributed by atoms with van der Waals surface area (Å²) in [4.78, 5) is 23.1. The summed E-state index contributed by atoms with van der Waals surface area (Å²) in [5.74, 6) is -0.150. The number of hydrogen-bond donors (Lipinski definition) is 1. The number of rotatable bonds is 7. The van der Waals surface area contributed by atoms with Crippen molar-refractivity contribution in [1.29, 1.82) is 5.26 Å². The summed E-state index contributed by atoms with van der Waals surface area (Å²) in [5.41, 5.74) is 0.365. The molecule has 0 heterocycles. The zero-order valence-corrected chi connectivity index (χ0v) is 13.3. The Bertz CT molecular complexity index is 789. The maximum atomic E-state index is 12.0. The van der Waals surface area contributed by atoms with E-state index in [-0.39, 0.29) is 23.8 Å². The molecular weight excluding hydrogens is 330 g/mol. The molecule has 2 aromatic rings. The van der Waals surface area contributed by atoms with Crippen molar-refractivity contribution in [1.82, 2.24) is 0 Å². The standard InChI is InChI=1S/C16H13N3O4S/c17-9-10-24-15-8-4-1-5-12(15)18-16(20)11-23-14-7-3-2-6-13(14)19(21)22/h1-8H,10-11H2,(H,18,20). The topological polar surface area (TPSA) is 105 Å². The minimum Gasteiger partial charge on any atom is -0.477 e. The van der Waals surface area contributed by atoms with Crippen molar-refractivity contribution < 1.29 is 14.5 Å². The van der Waals surface area contributed by atoms with Gasteiger partial charge >= 0.3 is 5.69 Å². The van der Waals surface area contributed by atoms with E-state index in [1.54, 1.807) is 30.3 Å². The first-order valence-corrected chi connectivity index (χ1v) is 7.85. The lowest BCUT2D eigenvalue weighted by Gasteiger charge is -2.10. The minimum absolute atomic E-state index is 0.0322. The summed E-state index contributed by atoms with van der Waals surface area (Å²) in [6.07, 6.45) is 0. The van der Waals surface area contributed by atoms with E-state index in [1.807, 2.05) is 6.07 Å². The lowest BCUT2D eigenvalue weighted by Crippen LogP contribution is -2.20. The second-order valence-electron chi connectivity index (χ2n) is 4.50. The molecular formula is C16H13N3O4S. The molecule has 0 bridgehead atoms. The molecule has 7 nitrogen and oxygen atoms in total. The van der Waals surface area contributed by atoms with Gasteiger partial charge in [0.1, 0.15) is 0 Å². The summed E-state index contributed by atoms with van der Waals surface area (Å²) in [5, 5.41) is 22.2. The number of anilines is 1. The van der Waals surface area contributed by atoms with E-state index in [2.05, 4.69) is 5.32 Å². The molecule has 1 amide bonds.